The number of ether oxygens (including phenoxy) is 1. The molecule has 1 aromatic rings. The van der Waals surface area contributed by atoms with Crippen LogP contribution in [0.1, 0.15) is 28.4 Å². The number of halogens is 2. The fraction of sp³-hybridized carbons (Fsp3) is 0.562. The standard InChI is InChI=1S/C16H24F2N2O2/c1-12(16(17)18)20(8-6-19)7-5-13-3-4-14(10-21)15(9-13)11-22-2/h3-4,9-10,12,16H,5-8,11,19H2,1-2H3. The Morgan fingerprint density at radius 1 is 1.36 bits per heavy atom. The number of hydrogen-bond acceptors (Lipinski definition) is 4. The SMILES string of the molecule is COCc1cc(CCN(CCN)C(C)C(F)F)ccc1C=O. The zero-order valence-corrected chi connectivity index (χ0v) is 13.1. The number of benzene rings is 1. The first-order chi connectivity index (χ1) is 10.5. The molecule has 0 saturated carbocycles. The molecule has 0 aromatic heterocycles. The number of nitrogens with zero attached hydrogens (tertiary/aromatic N) is 1. The van der Waals surface area contributed by atoms with Gasteiger partial charge in [0.05, 0.1) is 12.6 Å². The minimum absolute atomic E-state index is 0.343. The normalized spacial score (nSPS) is 12.9. The fourth-order valence-electron chi connectivity index (χ4n) is 2.33. The van der Waals surface area contributed by atoms with Crippen molar-refractivity contribution in [2.45, 2.75) is 32.4 Å². The summed E-state index contributed by atoms with van der Waals surface area (Å²) in [5.41, 5.74) is 7.88. The molecule has 0 spiro atoms. The molecular weight excluding hydrogens is 290 g/mol. The molecule has 0 aliphatic heterocycles. The van der Waals surface area contributed by atoms with Gasteiger partial charge in [-0.25, -0.2) is 8.78 Å². The molecule has 0 aliphatic rings. The second kappa shape index (κ2) is 9.61. The van der Waals surface area contributed by atoms with E-state index in [9.17, 15) is 13.6 Å². The number of hydrogen-bond donors (Lipinski definition) is 1. The molecule has 2 N–H and O–H groups in total. The van der Waals surface area contributed by atoms with Gasteiger partial charge in [-0.15, -0.1) is 0 Å². The van der Waals surface area contributed by atoms with Gasteiger partial charge in [-0.1, -0.05) is 18.2 Å². The molecule has 0 amide bonds. The van der Waals surface area contributed by atoms with Crippen molar-refractivity contribution in [1.82, 2.24) is 4.90 Å². The van der Waals surface area contributed by atoms with Crippen molar-refractivity contribution in [2.24, 2.45) is 5.73 Å². The van der Waals surface area contributed by atoms with Crippen LogP contribution in [0.5, 0.6) is 0 Å². The summed E-state index contributed by atoms with van der Waals surface area (Å²) >= 11 is 0. The largest absolute Gasteiger partial charge is 0.380 e. The first kappa shape index (κ1) is 18.7. The Hall–Kier alpha value is -1.37. The molecule has 0 aliphatic carbocycles. The summed E-state index contributed by atoms with van der Waals surface area (Å²) in [6.45, 7) is 3.13. The Morgan fingerprint density at radius 2 is 2.09 bits per heavy atom. The van der Waals surface area contributed by atoms with Crippen LogP contribution in [0.4, 0.5) is 8.78 Å². The maximum absolute atomic E-state index is 12.9. The lowest BCUT2D eigenvalue weighted by atomic mass is 10.0. The van der Waals surface area contributed by atoms with E-state index in [2.05, 4.69) is 0 Å². The lowest BCUT2D eigenvalue weighted by Gasteiger charge is -2.28. The average molecular weight is 314 g/mol. The molecule has 0 heterocycles. The monoisotopic (exact) mass is 314 g/mol. The minimum Gasteiger partial charge on any atom is -0.380 e. The molecule has 0 saturated heterocycles. The van der Waals surface area contributed by atoms with E-state index >= 15 is 0 Å². The minimum atomic E-state index is -2.40. The Kier molecular flexibility index (Phi) is 8.16. The van der Waals surface area contributed by atoms with Gasteiger partial charge in [-0.2, -0.15) is 0 Å². The third-order valence-electron chi connectivity index (χ3n) is 3.68. The number of alkyl halides is 2. The zero-order chi connectivity index (χ0) is 16.5. The molecule has 124 valence electrons. The molecule has 22 heavy (non-hydrogen) atoms. The maximum atomic E-state index is 12.9. The number of carbonyl (C=O) groups is 1. The van der Waals surface area contributed by atoms with Gasteiger partial charge in [0.2, 0.25) is 0 Å². The lowest BCUT2D eigenvalue weighted by Crippen LogP contribution is -2.42. The highest BCUT2D eigenvalue weighted by molar-refractivity contribution is 5.77. The molecule has 1 aromatic carbocycles. The van der Waals surface area contributed by atoms with Crippen LogP contribution in [0.2, 0.25) is 0 Å². The van der Waals surface area contributed by atoms with E-state index < -0.39 is 12.5 Å². The van der Waals surface area contributed by atoms with Crippen LogP contribution in [0.3, 0.4) is 0 Å². The van der Waals surface area contributed by atoms with Crippen LogP contribution in [0, 0.1) is 0 Å². The Bertz CT molecular complexity index is 469. The van der Waals surface area contributed by atoms with E-state index in [0.29, 0.717) is 38.2 Å². The summed E-state index contributed by atoms with van der Waals surface area (Å²) in [6, 6.07) is 4.65. The summed E-state index contributed by atoms with van der Waals surface area (Å²) < 4.78 is 30.8. The van der Waals surface area contributed by atoms with Crippen LogP contribution in [0.25, 0.3) is 0 Å². The van der Waals surface area contributed by atoms with Crippen molar-refractivity contribution in [3.05, 3.63) is 34.9 Å². The topological polar surface area (TPSA) is 55.6 Å². The summed E-state index contributed by atoms with van der Waals surface area (Å²) in [5, 5.41) is 0. The Morgan fingerprint density at radius 3 is 2.64 bits per heavy atom. The van der Waals surface area contributed by atoms with Crippen molar-refractivity contribution >= 4 is 6.29 Å². The number of nitrogens with two attached hydrogens (primary N) is 1. The summed E-state index contributed by atoms with van der Waals surface area (Å²) in [4.78, 5) is 12.7. The Labute approximate surface area is 130 Å². The van der Waals surface area contributed by atoms with Gasteiger partial charge in [0, 0.05) is 32.3 Å². The number of aldehydes is 1. The maximum Gasteiger partial charge on any atom is 0.253 e. The van der Waals surface area contributed by atoms with Crippen molar-refractivity contribution in [3.63, 3.8) is 0 Å². The zero-order valence-electron chi connectivity index (χ0n) is 13.1. The third kappa shape index (κ3) is 5.44. The molecule has 1 rings (SSSR count). The van der Waals surface area contributed by atoms with Gasteiger partial charge in [0.25, 0.3) is 6.43 Å². The fourth-order valence-corrected chi connectivity index (χ4v) is 2.33. The summed E-state index contributed by atoms with van der Waals surface area (Å²) in [7, 11) is 1.56. The van der Waals surface area contributed by atoms with E-state index in [1.54, 1.807) is 18.1 Å². The van der Waals surface area contributed by atoms with E-state index in [0.717, 1.165) is 17.4 Å². The second-order valence-corrected chi connectivity index (χ2v) is 5.23. The molecule has 0 bridgehead atoms. The van der Waals surface area contributed by atoms with Crippen LogP contribution in [-0.2, 0) is 17.8 Å². The van der Waals surface area contributed by atoms with Gasteiger partial charge < -0.3 is 10.5 Å². The van der Waals surface area contributed by atoms with Crippen molar-refractivity contribution in [1.29, 1.82) is 0 Å². The average Bonchev–Trinajstić information content (AvgIpc) is 2.51. The van der Waals surface area contributed by atoms with Crippen molar-refractivity contribution in [2.75, 3.05) is 26.7 Å². The van der Waals surface area contributed by atoms with Crippen molar-refractivity contribution < 1.29 is 18.3 Å². The molecule has 0 radical (unpaired) electrons. The van der Waals surface area contributed by atoms with Gasteiger partial charge in [-0.3, -0.25) is 9.69 Å². The number of rotatable bonds is 10. The smallest absolute Gasteiger partial charge is 0.253 e. The van der Waals surface area contributed by atoms with Crippen molar-refractivity contribution in [3.8, 4) is 0 Å². The van der Waals surface area contributed by atoms with Gasteiger partial charge in [-0.05, 0) is 24.5 Å². The Balaban J connectivity index is 2.76. The van der Waals surface area contributed by atoms with Crippen LogP contribution < -0.4 is 5.73 Å². The third-order valence-corrected chi connectivity index (χ3v) is 3.68. The van der Waals surface area contributed by atoms with E-state index in [1.807, 2.05) is 12.1 Å². The first-order valence-corrected chi connectivity index (χ1v) is 7.31. The molecule has 1 atom stereocenters. The summed E-state index contributed by atoms with van der Waals surface area (Å²) in [6.07, 6.45) is -0.988. The first-order valence-electron chi connectivity index (χ1n) is 7.31. The molecule has 6 heteroatoms. The highest BCUT2D eigenvalue weighted by Gasteiger charge is 2.21. The summed E-state index contributed by atoms with van der Waals surface area (Å²) in [5.74, 6) is 0. The van der Waals surface area contributed by atoms with E-state index in [1.165, 1.54) is 6.92 Å². The lowest BCUT2D eigenvalue weighted by molar-refractivity contribution is 0.0364. The molecule has 1 unspecified atom stereocenters. The van der Waals surface area contributed by atoms with E-state index in [-0.39, 0.29) is 0 Å². The molecular formula is C16H24F2N2O2. The highest BCUT2D eigenvalue weighted by atomic mass is 19.3. The molecule has 4 nitrogen and oxygen atoms in total. The van der Waals surface area contributed by atoms with Crippen LogP contribution in [0.15, 0.2) is 18.2 Å². The second-order valence-electron chi connectivity index (χ2n) is 5.23. The van der Waals surface area contributed by atoms with Gasteiger partial charge >= 0.3 is 0 Å². The van der Waals surface area contributed by atoms with Gasteiger partial charge in [0.1, 0.15) is 6.29 Å². The number of carbonyl (C=O) groups excluding carboxylic acids is 1. The van der Waals surface area contributed by atoms with Crippen LogP contribution in [-0.4, -0.2) is 50.4 Å². The van der Waals surface area contributed by atoms with Crippen LogP contribution >= 0.6 is 0 Å². The quantitative estimate of drug-likeness (QED) is 0.672. The predicted octanol–water partition coefficient (Wildman–Crippen LogP) is 2.10. The predicted molar refractivity (Wildman–Crippen MR) is 82.3 cm³/mol. The number of methoxy groups -OCH3 is 1. The highest BCUT2D eigenvalue weighted by Crippen LogP contribution is 2.14. The van der Waals surface area contributed by atoms with Gasteiger partial charge in [0.15, 0.2) is 0 Å². The van der Waals surface area contributed by atoms with E-state index in [4.69, 9.17) is 10.5 Å². The molecule has 0 fully saturated rings.